The van der Waals surface area contributed by atoms with Crippen molar-refractivity contribution in [1.82, 2.24) is 14.8 Å². The Morgan fingerprint density at radius 3 is 2.73 bits per heavy atom. The summed E-state index contributed by atoms with van der Waals surface area (Å²) in [6.07, 6.45) is 1.75. The van der Waals surface area contributed by atoms with E-state index in [1.165, 1.54) is 4.57 Å². The summed E-state index contributed by atoms with van der Waals surface area (Å²) in [7, 11) is 1.73. The molecule has 0 aliphatic carbocycles. The number of aromatic nitrogens is 3. The normalized spacial score (nSPS) is 10.6. The molecule has 6 heteroatoms. The lowest BCUT2D eigenvalue weighted by molar-refractivity contribution is 0.861. The highest BCUT2D eigenvalue weighted by atomic mass is 127. The standard InChI is InChI=1S/C9H7I2N3O/c1-14-3-2-5(4-6(14)15)8-7(10)9(11)13-12-8/h2-4H,1H3,(H,12,13). The number of nitrogens with one attached hydrogen (secondary N) is 1. The van der Waals surface area contributed by atoms with Crippen LogP contribution < -0.4 is 5.56 Å². The molecule has 4 nitrogen and oxygen atoms in total. The van der Waals surface area contributed by atoms with Gasteiger partial charge in [-0.3, -0.25) is 9.89 Å². The van der Waals surface area contributed by atoms with Gasteiger partial charge in [0.05, 0.1) is 3.57 Å². The molecule has 0 fully saturated rings. The van der Waals surface area contributed by atoms with Crippen molar-refractivity contribution >= 4 is 45.2 Å². The van der Waals surface area contributed by atoms with Crippen LogP contribution in [0.2, 0.25) is 0 Å². The van der Waals surface area contributed by atoms with E-state index in [0.717, 1.165) is 18.5 Å². The first-order chi connectivity index (χ1) is 7.09. The third-order valence-electron chi connectivity index (χ3n) is 2.04. The van der Waals surface area contributed by atoms with E-state index < -0.39 is 0 Å². The van der Waals surface area contributed by atoms with Gasteiger partial charge in [-0.05, 0) is 51.2 Å². The number of hydrogen-bond acceptors (Lipinski definition) is 2. The van der Waals surface area contributed by atoms with E-state index in [1.54, 1.807) is 19.3 Å². The number of hydrogen-bond donors (Lipinski definition) is 1. The molecule has 2 aromatic rings. The second-order valence-electron chi connectivity index (χ2n) is 3.06. The topological polar surface area (TPSA) is 50.7 Å². The van der Waals surface area contributed by atoms with Crippen LogP contribution in [-0.4, -0.2) is 14.8 Å². The quantitative estimate of drug-likeness (QED) is 0.709. The van der Waals surface area contributed by atoms with E-state index >= 15 is 0 Å². The van der Waals surface area contributed by atoms with Crippen LogP contribution in [0.1, 0.15) is 0 Å². The van der Waals surface area contributed by atoms with Crippen LogP contribution in [-0.2, 0) is 7.05 Å². The summed E-state index contributed by atoms with van der Waals surface area (Å²) >= 11 is 4.39. The van der Waals surface area contributed by atoms with Crippen molar-refractivity contribution in [1.29, 1.82) is 0 Å². The fourth-order valence-corrected chi connectivity index (χ4v) is 2.12. The van der Waals surface area contributed by atoms with Gasteiger partial charge < -0.3 is 4.57 Å². The molecule has 2 aromatic heterocycles. The van der Waals surface area contributed by atoms with Gasteiger partial charge in [-0.2, -0.15) is 5.10 Å². The van der Waals surface area contributed by atoms with E-state index in [1.807, 2.05) is 6.07 Å². The number of rotatable bonds is 1. The van der Waals surface area contributed by atoms with Crippen molar-refractivity contribution in [3.05, 3.63) is 36.0 Å². The van der Waals surface area contributed by atoms with E-state index in [9.17, 15) is 4.79 Å². The molecule has 0 aliphatic rings. The Hall–Kier alpha value is -0.380. The lowest BCUT2D eigenvalue weighted by atomic mass is 10.2. The van der Waals surface area contributed by atoms with Gasteiger partial charge in [-0.15, -0.1) is 0 Å². The Morgan fingerprint density at radius 1 is 1.47 bits per heavy atom. The Bertz CT molecular complexity index is 559. The molecule has 1 N–H and O–H groups in total. The maximum Gasteiger partial charge on any atom is 0.250 e. The maximum absolute atomic E-state index is 11.5. The smallest absolute Gasteiger partial charge is 0.250 e. The van der Waals surface area contributed by atoms with E-state index in [2.05, 4.69) is 55.4 Å². The minimum atomic E-state index is -0.0266. The summed E-state index contributed by atoms with van der Waals surface area (Å²) in [5.74, 6) is 0. The molecule has 0 unspecified atom stereocenters. The summed E-state index contributed by atoms with van der Waals surface area (Å²) in [5, 5.41) is 7.06. The molecule has 0 saturated heterocycles. The molecule has 0 aliphatic heterocycles. The lowest BCUT2D eigenvalue weighted by Crippen LogP contribution is -2.14. The molecule has 2 heterocycles. The first-order valence-electron chi connectivity index (χ1n) is 4.16. The summed E-state index contributed by atoms with van der Waals surface area (Å²) in [6, 6.07) is 3.48. The van der Waals surface area contributed by atoms with Crippen molar-refractivity contribution in [3.63, 3.8) is 0 Å². The number of pyridine rings is 1. The second kappa shape index (κ2) is 4.24. The van der Waals surface area contributed by atoms with Gasteiger partial charge in [-0.1, -0.05) is 0 Å². The van der Waals surface area contributed by atoms with Crippen molar-refractivity contribution < 1.29 is 0 Å². The van der Waals surface area contributed by atoms with Crippen molar-refractivity contribution in [3.8, 4) is 11.3 Å². The minimum absolute atomic E-state index is 0.0266. The summed E-state index contributed by atoms with van der Waals surface area (Å²) in [6.45, 7) is 0. The second-order valence-corrected chi connectivity index (χ2v) is 5.22. The van der Waals surface area contributed by atoms with Crippen LogP contribution in [0.15, 0.2) is 23.1 Å². The predicted octanol–water partition coefficient (Wildman–Crippen LogP) is 1.98. The highest BCUT2D eigenvalue weighted by Gasteiger charge is 2.10. The summed E-state index contributed by atoms with van der Waals surface area (Å²) in [5.41, 5.74) is 1.65. The number of halogens is 2. The zero-order valence-corrected chi connectivity index (χ0v) is 12.1. The zero-order chi connectivity index (χ0) is 11.0. The highest BCUT2D eigenvalue weighted by Crippen LogP contribution is 2.24. The maximum atomic E-state index is 11.5. The Labute approximate surface area is 113 Å². The van der Waals surface area contributed by atoms with E-state index in [-0.39, 0.29) is 5.56 Å². The van der Waals surface area contributed by atoms with Crippen LogP contribution in [0.25, 0.3) is 11.3 Å². The fraction of sp³-hybridized carbons (Fsp3) is 0.111. The first kappa shape index (κ1) is 11.1. The highest BCUT2D eigenvalue weighted by molar-refractivity contribution is 14.1. The third kappa shape index (κ3) is 2.10. The monoisotopic (exact) mass is 427 g/mol. The van der Waals surface area contributed by atoms with Crippen LogP contribution >= 0.6 is 45.2 Å². The number of aromatic amines is 1. The molecule has 78 valence electrons. The Balaban J connectivity index is 2.60. The summed E-state index contributed by atoms with van der Waals surface area (Å²) < 4.78 is 3.57. The van der Waals surface area contributed by atoms with Crippen LogP contribution in [0.5, 0.6) is 0 Å². The van der Waals surface area contributed by atoms with Gasteiger partial charge >= 0.3 is 0 Å². The lowest BCUT2D eigenvalue weighted by Gasteiger charge is -1.99. The minimum Gasteiger partial charge on any atom is -0.319 e. The molecule has 2 rings (SSSR count). The first-order valence-corrected chi connectivity index (χ1v) is 6.32. The van der Waals surface area contributed by atoms with E-state index in [4.69, 9.17) is 0 Å². The van der Waals surface area contributed by atoms with Crippen molar-refractivity contribution in [2.45, 2.75) is 0 Å². The molecule has 15 heavy (non-hydrogen) atoms. The average Bonchev–Trinajstić information content (AvgIpc) is 2.53. The Kier molecular flexibility index (Phi) is 3.14. The Morgan fingerprint density at radius 2 is 2.20 bits per heavy atom. The third-order valence-corrected chi connectivity index (χ3v) is 4.91. The molecule has 0 atom stereocenters. The van der Waals surface area contributed by atoms with Gasteiger partial charge in [0.2, 0.25) is 0 Å². The molecule has 0 amide bonds. The number of H-pyrrole nitrogens is 1. The van der Waals surface area contributed by atoms with Crippen molar-refractivity contribution in [2.24, 2.45) is 7.05 Å². The zero-order valence-electron chi connectivity index (χ0n) is 7.79. The predicted molar refractivity (Wildman–Crippen MR) is 74.7 cm³/mol. The molecular formula is C9H7I2N3O. The molecular weight excluding hydrogens is 420 g/mol. The van der Waals surface area contributed by atoms with Gasteiger partial charge in [0.15, 0.2) is 0 Å². The van der Waals surface area contributed by atoms with Gasteiger partial charge in [-0.25, -0.2) is 0 Å². The van der Waals surface area contributed by atoms with Crippen molar-refractivity contribution in [2.75, 3.05) is 0 Å². The van der Waals surface area contributed by atoms with Crippen LogP contribution in [0, 0.1) is 7.27 Å². The van der Waals surface area contributed by atoms with Crippen LogP contribution in [0.3, 0.4) is 0 Å². The largest absolute Gasteiger partial charge is 0.319 e. The van der Waals surface area contributed by atoms with E-state index in [0.29, 0.717) is 0 Å². The molecule has 0 aromatic carbocycles. The SMILES string of the molecule is Cn1ccc(-c2n[nH]c(I)c2I)cc1=O. The molecule has 0 bridgehead atoms. The number of aryl methyl sites for hydroxylation is 1. The average molecular weight is 427 g/mol. The van der Waals surface area contributed by atoms with Gasteiger partial charge in [0, 0.05) is 24.9 Å². The summed E-state index contributed by atoms with van der Waals surface area (Å²) in [4.78, 5) is 11.5. The van der Waals surface area contributed by atoms with Crippen LogP contribution in [0.4, 0.5) is 0 Å². The fourth-order valence-electron chi connectivity index (χ4n) is 1.19. The molecule has 0 spiro atoms. The van der Waals surface area contributed by atoms with Gasteiger partial charge in [0.1, 0.15) is 9.39 Å². The number of nitrogens with zero attached hydrogens (tertiary/aromatic N) is 2. The van der Waals surface area contributed by atoms with Gasteiger partial charge in [0.25, 0.3) is 5.56 Å². The molecule has 0 radical (unpaired) electrons. The molecule has 0 saturated carbocycles.